The Morgan fingerprint density at radius 1 is 1.11 bits per heavy atom. The quantitative estimate of drug-likeness (QED) is 0.659. The summed E-state index contributed by atoms with van der Waals surface area (Å²) in [4.78, 5) is 15.3. The molecular weight excluding hydrogens is 358 g/mol. The highest BCUT2D eigenvalue weighted by molar-refractivity contribution is 6.24. The van der Waals surface area contributed by atoms with Crippen molar-refractivity contribution in [3.63, 3.8) is 0 Å². The molecule has 0 spiro atoms. The molecule has 3 atom stereocenters. The molecule has 1 aliphatic carbocycles. The lowest BCUT2D eigenvalue weighted by Gasteiger charge is -2.52. The van der Waals surface area contributed by atoms with Crippen LogP contribution in [0.4, 0.5) is 0 Å². The zero-order chi connectivity index (χ0) is 18.9. The summed E-state index contributed by atoms with van der Waals surface area (Å²) in [6.45, 7) is 0.690. The van der Waals surface area contributed by atoms with Crippen molar-refractivity contribution >= 4 is 17.5 Å². The van der Waals surface area contributed by atoms with Crippen molar-refractivity contribution in [2.45, 2.75) is 43.0 Å². The van der Waals surface area contributed by atoms with Crippen LogP contribution in [0.15, 0.2) is 54.6 Å². The molecule has 0 bridgehead atoms. The highest BCUT2D eigenvalue weighted by Crippen LogP contribution is 2.52. The Morgan fingerprint density at radius 2 is 1.93 bits per heavy atom. The van der Waals surface area contributed by atoms with Gasteiger partial charge in [-0.05, 0) is 43.0 Å². The first-order valence-electron chi connectivity index (χ1n) is 9.81. The molecule has 4 rings (SSSR count). The van der Waals surface area contributed by atoms with Gasteiger partial charge in [-0.2, -0.15) is 0 Å². The van der Waals surface area contributed by atoms with Gasteiger partial charge in [0, 0.05) is 18.0 Å². The molecule has 27 heavy (non-hydrogen) atoms. The molecular formula is C23H26ClNO2. The van der Waals surface area contributed by atoms with Gasteiger partial charge < -0.3 is 9.64 Å². The van der Waals surface area contributed by atoms with Crippen molar-refractivity contribution in [3.8, 4) is 5.75 Å². The summed E-state index contributed by atoms with van der Waals surface area (Å²) in [5, 5.41) is 0. The third-order valence-corrected chi connectivity index (χ3v) is 6.88. The SMILES string of the molecule is COc1cccc(C(=O)N2CC[C@]3(Cl)CCCC[C@H]3[C@H]2c2ccccc2)c1. The Kier molecular flexibility index (Phi) is 5.14. The molecule has 1 heterocycles. The Balaban J connectivity index is 1.73. The molecule has 2 fully saturated rings. The smallest absolute Gasteiger partial charge is 0.254 e. The molecule has 1 saturated carbocycles. The Morgan fingerprint density at radius 3 is 2.70 bits per heavy atom. The number of carbonyl (C=O) groups excluding carboxylic acids is 1. The average Bonchev–Trinajstić information content (AvgIpc) is 2.72. The normalized spacial score (nSPS) is 27.7. The fraction of sp³-hybridized carbons (Fsp3) is 0.435. The van der Waals surface area contributed by atoms with Crippen LogP contribution in [-0.2, 0) is 0 Å². The second-order valence-corrected chi connectivity index (χ2v) is 8.48. The topological polar surface area (TPSA) is 29.5 Å². The summed E-state index contributed by atoms with van der Waals surface area (Å²) in [7, 11) is 1.63. The van der Waals surface area contributed by atoms with Crippen LogP contribution in [-0.4, -0.2) is 29.3 Å². The number of amides is 1. The monoisotopic (exact) mass is 383 g/mol. The molecule has 0 aromatic heterocycles. The number of nitrogens with zero attached hydrogens (tertiary/aromatic N) is 1. The molecule has 1 amide bonds. The van der Waals surface area contributed by atoms with Gasteiger partial charge in [0.25, 0.3) is 5.91 Å². The van der Waals surface area contributed by atoms with E-state index in [0.717, 1.165) is 19.3 Å². The Labute approximate surface area is 166 Å². The number of halogens is 1. The van der Waals surface area contributed by atoms with Crippen LogP contribution in [0.25, 0.3) is 0 Å². The van der Waals surface area contributed by atoms with E-state index in [1.54, 1.807) is 7.11 Å². The summed E-state index contributed by atoms with van der Waals surface area (Å²) in [6, 6.07) is 17.9. The number of fused-ring (bicyclic) bond motifs is 1. The van der Waals surface area contributed by atoms with Gasteiger partial charge in [0.1, 0.15) is 5.75 Å². The largest absolute Gasteiger partial charge is 0.497 e. The number of methoxy groups -OCH3 is 1. The van der Waals surface area contributed by atoms with Crippen molar-refractivity contribution in [2.75, 3.05) is 13.7 Å². The van der Waals surface area contributed by atoms with Gasteiger partial charge in [-0.25, -0.2) is 0 Å². The van der Waals surface area contributed by atoms with E-state index in [1.807, 2.05) is 35.2 Å². The van der Waals surface area contributed by atoms with Gasteiger partial charge in [-0.15, -0.1) is 11.6 Å². The lowest BCUT2D eigenvalue weighted by atomic mass is 9.68. The second kappa shape index (κ2) is 7.55. The van der Waals surface area contributed by atoms with E-state index in [1.165, 1.54) is 18.4 Å². The van der Waals surface area contributed by atoms with Gasteiger partial charge in [0.2, 0.25) is 0 Å². The standard InChI is InChI=1S/C23H26ClNO2/c1-27-19-11-7-10-18(16-19)22(26)25-15-14-23(24)13-6-5-12-20(23)21(25)17-8-3-2-4-9-17/h2-4,7-11,16,20-21H,5-6,12-15H2,1H3/t20-,21+,23+/m0/s1. The highest BCUT2D eigenvalue weighted by atomic mass is 35.5. The Bertz CT molecular complexity index is 809. The number of hydrogen-bond donors (Lipinski definition) is 0. The molecule has 0 N–H and O–H groups in total. The zero-order valence-electron chi connectivity index (χ0n) is 15.7. The minimum absolute atomic E-state index is 0.0245. The third-order valence-electron chi connectivity index (χ3n) is 6.23. The molecule has 2 aliphatic rings. The molecule has 4 heteroatoms. The summed E-state index contributed by atoms with van der Waals surface area (Å²) in [5.74, 6) is 1.06. The predicted octanol–water partition coefficient (Wildman–Crippen LogP) is 5.45. The number of rotatable bonds is 3. The first-order chi connectivity index (χ1) is 13.1. The summed E-state index contributed by atoms with van der Waals surface area (Å²) < 4.78 is 5.31. The maximum Gasteiger partial charge on any atom is 0.254 e. The van der Waals surface area contributed by atoms with Crippen LogP contribution in [0.2, 0.25) is 0 Å². The molecule has 2 aromatic rings. The summed E-state index contributed by atoms with van der Waals surface area (Å²) >= 11 is 7.13. The third kappa shape index (κ3) is 3.45. The van der Waals surface area contributed by atoms with E-state index in [2.05, 4.69) is 24.3 Å². The molecule has 2 aromatic carbocycles. The van der Waals surface area contributed by atoms with Gasteiger partial charge >= 0.3 is 0 Å². The molecule has 0 unspecified atom stereocenters. The van der Waals surface area contributed by atoms with Crippen LogP contribution < -0.4 is 4.74 Å². The first kappa shape index (κ1) is 18.4. The number of benzene rings is 2. The number of piperidine rings is 1. The van der Waals surface area contributed by atoms with Gasteiger partial charge in [-0.1, -0.05) is 49.2 Å². The van der Waals surface area contributed by atoms with E-state index < -0.39 is 0 Å². The van der Waals surface area contributed by atoms with Crippen LogP contribution in [0.3, 0.4) is 0 Å². The van der Waals surface area contributed by atoms with Crippen LogP contribution in [0.5, 0.6) is 5.75 Å². The van der Waals surface area contributed by atoms with Crippen LogP contribution in [0.1, 0.15) is 54.1 Å². The molecule has 142 valence electrons. The lowest BCUT2D eigenvalue weighted by Crippen LogP contribution is -2.53. The van der Waals surface area contributed by atoms with E-state index in [4.69, 9.17) is 16.3 Å². The van der Waals surface area contributed by atoms with Crippen molar-refractivity contribution in [1.29, 1.82) is 0 Å². The minimum Gasteiger partial charge on any atom is -0.497 e. The number of likely N-dealkylation sites (tertiary alicyclic amines) is 1. The molecule has 1 saturated heterocycles. The van der Waals surface area contributed by atoms with Gasteiger partial charge in [0.05, 0.1) is 18.0 Å². The first-order valence-corrected chi connectivity index (χ1v) is 10.2. The molecule has 0 radical (unpaired) electrons. The Hall–Kier alpha value is -2.00. The van der Waals surface area contributed by atoms with Gasteiger partial charge in [0.15, 0.2) is 0 Å². The predicted molar refractivity (Wildman–Crippen MR) is 108 cm³/mol. The second-order valence-electron chi connectivity index (χ2n) is 7.72. The number of ether oxygens (including phenoxy) is 1. The number of carbonyl (C=O) groups is 1. The van der Waals surface area contributed by atoms with E-state index in [9.17, 15) is 4.79 Å². The lowest BCUT2D eigenvalue weighted by molar-refractivity contribution is 0.0279. The van der Waals surface area contributed by atoms with Crippen molar-refractivity contribution < 1.29 is 9.53 Å². The zero-order valence-corrected chi connectivity index (χ0v) is 16.5. The molecule has 1 aliphatic heterocycles. The van der Waals surface area contributed by atoms with Crippen LogP contribution in [0, 0.1) is 5.92 Å². The van der Waals surface area contributed by atoms with E-state index in [0.29, 0.717) is 23.8 Å². The maximum absolute atomic E-state index is 13.5. The van der Waals surface area contributed by atoms with Crippen molar-refractivity contribution in [1.82, 2.24) is 4.90 Å². The fourth-order valence-electron chi connectivity index (χ4n) is 4.85. The molecule has 3 nitrogen and oxygen atoms in total. The average molecular weight is 384 g/mol. The minimum atomic E-state index is -0.191. The van der Waals surface area contributed by atoms with E-state index >= 15 is 0 Å². The van der Waals surface area contributed by atoms with Crippen molar-refractivity contribution in [2.24, 2.45) is 5.92 Å². The summed E-state index contributed by atoms with van der Waals surface area (Å²) in [6.07, 6.45) is 5.35. The highest BCUT2D eigenvalue weighted by Gasteiger charge is 2.50. The maximum atomic E-state index is 13.5. The van der Waals surface area contributed by atoms with Crippen molar-refractivity contribution in [3.05, 3.63) is 65.7 Å². The number of alkyl halides is 1. The van der Waals surface area contributed by atoms with Gasteiger partial charge in [-0.3, -0.25) is 4.79 Å². The van der Waals surface area contributed by atoms with E-state index in [-0.39, 0.29) is 16.8 Å². The van der Waals surface area contributed by atoms with Crippen LogP contribution >= 0.6 is 11.6 Å². The number of hydrogen-bond acceptors (Lipinski definition) is 2. The summed E-state index contributed by atoms with van der Waals surface area (Å²) in [5.41, 5.74) is 1.86. The fourth-order valence-corrected chi connectivity index (χ4v) is 5.30.